The number of nitrogens with zero attached hydrogens (tertiary/aromatic N) is 3. The minimum atomic E-state index is 0.820. The molecular weight excluding hydrogens is 407 g/mol. The summed E-state index contributed by atoms with van der Waals surface area (Å²) in [7, 11) is 0. The zero-order valence-corrected chi connectivity index (χ0v) is 14.0. The molecule has 1 heterocycles. The van der Waals surface area contributed by atoms with Crippen molar-refractivity contribution >= 4 is 44.5 Å². The summed E-state index contributed by atoms with van der Waals surface area (Å²) < 4.78 is 4.30. The average molecular weight is 421 g/mol. The van der Waals surface area contributed by atoms with Gasteiger partial charge in [-0.1, -0.05) is 15.9 Å². The van der Waals surface area contributed by atoms with Crippen LogP contribution in [0, 0.1) is 3.57 Å². The summed E-state index contributed by atoms with van der Waals surface area (Å²) in [5.74, 6) is 1.71. The van der Waals surface area contributed by atoms with Crippen molar-refractivity contribution in [1.29, 1.82) is 0 Å². The first kappa shape index (κ1) is 13.8. The van der Waals surface area contributed by atoms with Crippen LogP contribution in [0.3, 0.4) is 0 Å². The molecule has 0 radical (unpaired) electrons. The summed E-state index contributed by atoms with van der Waals surface area (Å²) >= 11 is 5.88. The zero-order valence-electron chi connectivity index (χ0n) is 10.2. The number of anilines is 1. The number of nitrogens with one attached hydrogen (secondary N) is 1. The van der Waals surface area contributed by atoms with Gasteiger partial charge in [-0.15, -0.1) is 10.2 Å². The second-order valence-corrected chi connectivity index (χ2v) is 5.85. The molecule has 18 heavy (non-hydrogen) atoms. The molecule has 0 aliphatic rings. The zero-order chi connectivity index (χ0) is 13.1. The van der Waals surface area contributed by atoms with Crippen molar-refractivity contribution in [3.05, 3.63) is 26.2 Å². The van der Waals surface area contributed by atoms with E-state index in [2.05, 4.69) is 84.6 Å². The highest BCUT2D eigenvalue weighted by Crippen LogP contribution is 2.29. The van der Waals surface area contributed by atoms with Crippen molar-refractivity contribution in [3.8, 4) is 11.4 Å². The number of halogens is 2. The molecule has 1 N–H and O–H groups in total. The Morgan fingerprint density at radius 2 is 2.11 bits per heavy atom. The van der Waals surface area contributed by atoms with Crippen LogP contribution < -0.4 is 5.32 Å². The molecule has 0 bridgehead atoms. The third-order valence-electron chi connectivity index (χ3n) is 2.57. The van der Waals surface area contributed by atoms with Gasteiger partial charge >= 0.3 is 0 Å². The van der Waals surface area contributed by atoms with Crippen LogP contribution in [-0.4, -0.2) is 21.3 Å². The number of hydrogen-bond donors (Lipinski definition) is 1. The Kier molecular flexibility index (Phi) is 4.60. The van der Waals surface area contributed by atoms with Gasteiger partial charge in [-0.25, -0.2) is 0 Å². The van der Waals surface area contributed by atoms with Gasteiger partial charge in [0.2, 0.25) is 5.95 Å². The molecule has 4 nitrogen and oxygen atoms in total. The van der Waals surface area contributed by atoms with Gasteiger partial charge in [0.1, 0.15) is 0 Å². The molecule has 0 unspecified atom stereocenters. The SMILES string of the molecule is CCNc1nnc(-c2cc(I)ccc2Br)n1CC. The second-order valence-electron chi connectivity index (χ2n) is 3.75. The van der Waals surface area contributed by atoms with Crippen LogP contribution in [0.4, 0.5) is 5.95 Å². The van der Waals surface area contributed by atoms with E-state index in [1.807, 2.05) is 6.07 Å². The first-order valence-electron chi connectivity index (χ1n) is 5.79. The van der Waals surface area contributed by atoms with Crippen molar-refractivity contribution in [2.24, 2.45) is 0 Å². The summed E-state index contributed by atoms with van der Waals surface area (Å²) in [4.78, 5) is 0. The van der Waals surface area contributed by atoms with Gasteiger partial charge in [-0.05, 0) is 54.6 Å². The Balaban J connectivity index is 2.53. The Labute approximate surface area is 128 Å². The Hall–Kier alpha value is -0.630. The van der Waals surface area contributed by atoms with Crippen LogP contribution in [0.1, 0.15) is 13.8 Å². The molecule has 0 saturated carbocycles. The van der Waals surface area contributed by atoms with Crippen LogP contribution in [-0.2, 0) is 6.54 Å². The molecule has 0 aliphatic heterocycles. The molecule has 1 aromatic carbocycles. The molecule has 96 valence electrons. The van der Waals surface area contributed by atoms with Crippen LogP contribution in [0.15, 0.2) is 22.7 Å². The predicted octanol–water partition coefficient (Wildman–Crippen LogP) is 3.76. The monoisotopic (exact) mass is 420 g/mol. The van der Waals surface area contributed by atoms with Gasteiger partial charge in [0.25, 0.3) is 0 Å². The van der Waals surface area contributed by atoms with Crippen LogP contribution in [0.5, 0.6) is 0 Å². The van der Waals surface area contributed by atoms with E-state index in [9.17, 15) is 0 Å². The van der Waals surface area contributed by atoms with Crippen LogP contribution in [0.25, 0.3) is 11.4 Å². The molecule has 0 aliphatic carbocycles. The van der Waals surface area contributed by atoms with E-state index >= 15 is 0 Å². The average Bonchev–Trinajstić information content (AvgIpc) is 2.75. The van der Waals surface area contributed by atoms with Crippen molar-refractivity contribution in [2.75, 3.05) is 11.9 Å². The molecule has 2 aromatic rings. The maximum absolute atomic E-state index is 4.29. The van der Waals surface area contributed by atoms with Gasteiger partial charge in [0, 0.05) is 26.7 Å². The van der Waals surface area contributed by atoms with E-state index in [0.29, 0.717) is 0 Å². The third kappa shape index (κ3) is 2.69. The topological polar surface area (TPSA) is 42.7 Å². The predicted molar refractivity (Wildman–Crippen MR) is 85.7 cm³/mol. The quantitative estimate of drug-likeness (QED) is 0.765. The first-order valence-corrected chi connectivity index (χ1v) is 7.67. The van der Waals surface area contributed by atoms with E-state index in [-0.39, 0.29) is 0 Å². The lowest BCUT2D eigenvalue weighted by Gasteiger charge is -2.09. The number of rotatable bonds is 4. The molecular formula is C12H14BrIN4. The molecule has 0 spiro atoms. The lowest BCUT2D eigenvalue weighted by atomic mass is 10.2. The van der Waals surface area contributed by atoms with E-state index in [1.54, 1.807) is 0 Å². The fraction of sp³-hybridized carbons (Fsp3) is 0.333. The minimum absolute atomic E-state index is 0.820. The fourth-order valence-electron chi connectivity index (χ4n) is 1.76. The van der Waals surface area contributed by atoms with Gasteiger partial charge in [-0.3, -0.25) is 4.57 Å². The fourth-order valence-corrected chi connectivity index (χ4v) is 2.67. The van der Waals surface area contributed by atoms with Gasteiger partial charge in [-0.2, -0.15) is 0 Å². The summed E-state index contributed by atoms with van der Waals surface area (Å²) in [6.07, 6.45) is 0. The molecule has 0 fully saturated rings. The van der Waals surface area contributed by atoms with E-state index < -0.39 is 0 Å². The van der Waals surface area contributed by atoms with Gasteiger partial charge < -0.3 is 5.32 Å². The van der Waals surface area contributed by atoms with Gasteiger partial charge in [0.05, 0.1) is 0 Å². The Bertz CT molecular complexity index is 553. The van der Waals surface area contributed by atoms with E-state index in [4.69, 9.17) is 0 Å². The summed E-state index contributed by atoms with van der Waals surface area (Å²) in [6.45, 7) is 5.82. The van der Waals surface area contributed by atoms with Crippen LogP contribution >= 0.6 is 38.5 Å². The van der Waals surface area contributed by atoms with Gasteiger partial charge in [0.15, 0.2) is 5.82 Å². The van der Waals surface area contributed by atoms with E-state index in [1.165, 1.54) is 3.57 Å². The largest absolute Gasteiger partial charge is 0.355 e. The maximum Gasteiger partial charge on any atom is 0.224 e. The molecule has 0 amide bonds. The van der Waals surface area contributed by atoms with E-state index in [0.717, 1.165) is 34.9 Å². The number of benzene rings is 1. The normalized spacial score (nSPS) is 10.7. The minimum Gasteiger partial charge on any atom is -0.355 e. The molecule has 1 aromatic heterocycles. The second kappa shape index (κ2) is 6.01. The third-order valence-corrected chi connectivity index (χ3v) is 3.93. The number of hydrogen-bond acceptors (Lipinski definition) is 3. The van der Waals surface area contributed by atoms with Crippen molar-refractivity contribution < 1.29 is 0 Å². The summed E-state index contributed by atoms with van der Waals surface area (Å²) in [6, 6.07) is 6.21. The Morgan fingerprint density at radius 3 is 2.78 bits per heavy atom. The molecule has 0 saturated heterocycles. The molecule has 0 atom stereocenters. The van der Waals surface area contributed by atoms with Crippen molar-refractivity contribution in [1.82, 2.24) is 14.8 Å². The maximum atomic E-state index is 4.29. The summed E-state index contributed by atoms with van der Waals surface area (Å²) in [5.41, 5.74) is 1.07. The highest BCUT2D eigenvalue weighted by Gasteiger charge is 2.14. The molecule has 6 heteroatoms. The van der Waals surface area contributed by atoms with Crippen LogP contribution in [0.2, 0.25) is 0 Å². The standard InChI is InChI=1S/C12H14BrIN4/c1-3-15-12-17-16-11(18(12)4-2)9-7-8(14)5-6-10(9)13/h5-7H,3-4H2,1-2H3,(H,15,17). The lowest BCUT2D eigenvalue weighted by molar-refractivity contribution is 0.770. The number of aromatic nitrogens is 3. The highest BCUT2D eigenvalue weighted by molar-refractivity contribution is 14.1. The van der Waals surface area contributed by atoms with Crippen molar-refractivity contribution in [2.45, 2.75) is 20.4 Å². The highest BCUT2D eigenvalue weighted by atomic mass is 127. The first-order chi connectivity index (χ1) is 8.67. The smallest absolute Gasteiger partial charge is 0.224 e. The Morgan fingerprint density at radius 1 is 1.33 bits per heavy atom. The molecule has 2 rings (SSSR count). The van der Waals surface area contributed by atoms with Crippen molar-refractivity contribution in [3.63, 3.8) is 0 Å². The lowest BCUT2D eigenvalue weighted by Crippen LogP contribution is -2.07. The summed E-state index contributed by atoms with van der Waals surface area (Å²) in [5, 5.41) is 11.7.